The molecular formula is H3CaFO2Si. The van der Waals surface area contributed by atoms with E-state index in [2.05, 4.69) is 0 Å². The van der Waals surface area contributed by atoms with Crippen LogP contribution in [-0.4, -0.2) is 47.0 Å². The molecule has 28 valence electrons. The molecule has 0 aromatic carbocycles. The van der Waals surface area contributed by atoms with Crippen molar-refractivity contribution in [3.8, 4) is 0 Å². The molecule has 0 unspecified atom stereocenters. The van der Waals surface area contributed by atoms with E-state index in [4.69, 9.17) is 8.92 Å². The first-order chi connectivity index (χ1) is 1.41. The van der Waals surface area contributed by atoms with Gasteiger partial charge in [-0.1, -0.05) is 0 Å². The third-order valence-electron chi connectivity index (χ3n) is 0. The Morgan fingerprint density at radius 3 is 1.40 bits per heavy atom. The van der Waals surface area contributed by atoms with E-state index >= 15 is 0 Å². The van der Waals surface area contributed by atoms with Crippen molar-refractivity contribution >= 4 is 47.0 Å². The second-order valence-corrected chi connectivity index (χ2v) is 0.250. The minimum absolute atomic E-state index is 0. The summed E-state index contributed by atoms with van der Waals surface area (Å²) in [6, 6.07) is 0. The molecule has 5 heteroatoms. The maximum Gasteiger partial charge on any atom is 2.00 e. The Morgan fingerprint density at radius 1 is 1.40 bits per heavy atom. The van der Waals surface area contributed by atoms with Crippen molar-refractivity contribution in [2.45, 2.75) is 0 Å². The van der Waals surface area contributed by atoms with Crippen LogP contribution in [0.2, 0.25) is 0 Å². The van der Waals surface area contributed by atoms with E-state index in [1.165, 1.54) is 0 Å². The van der Waals surface area contributed by atoms with E-state index in [0.717, 1.165) is 0 Å². The van der Waals surface area contributed by atoms with Gasteiger partial charge < -0.3 is 2.85 Å². The van der Waals surface area contributed by atoms with Crippen LogP contribution in [0.25, 0.3) is 0 Å². The van der Waals surface area contributed by atoms with Crippen LogP contribution in [0.3, 0.4) is 0 Å². The van der Waals surface area contributed by atoms with Crippen LogP contribution in [0.4, 0.5) is 4.70 Å². The first kappa shape index (κ1) is 16.7. The zero-order valence-electron chi connectivity index (χ0n) is 4.43. The van der Waals surface area contributed by atoms with Crippen LogP contribution >= 0.6 is 0 Å². The number of rotatable bonds is 0. The van der Waals surface area contributed by atoms with Gasteiger partial charge in [0.1, 0.15) is 0 Å². The van der Waals surface area contributed by atoms with E-state index in [1.807, 2.05) is 0 Å². The molecule has 0 rings (SSSR count). The SMILES string of the molecule is F.O=[Si]=O.[Ca+2].[H-].[H-]. The van der Waals surface area contributed by atoms with Gasteiger partial charge >= 0.3 is 47.0 Å². The minimum Gasteiger partial charge on any atom is -1.00 e. The van der Waals surface area contributed by atoms with Gasteiger partial charge in [0.15, 0.2) is 0 Å². The van der Waals surface area contributed by atoms with Crippen molar-refractivity contribution in [3.05, 3.63) is 0 Å². The summed E-state index contributed by atoms with van der Waals surface area (Å²) in [4.78, 5) is 0. The van der Waals surface area contributed by atoms with Crippen LogP contribution in [0, 0.1) is 0 Å². The van der Waals surface area contributed by atoms with Gasteiger partial charge in [-0.05, 0) is 0 Å². The summed E-state index contributed by atoms with van der Waals surface area (Å²) in [6.07, 6.45) is 0. The van der Waals surface area contributed by atoms with Crippen LogP contribution < -0.4 is 0 Å². The van der Waals surface area contributed by atoms with Crippen molar-refractivity contribution < 1.29 is 16.5 Å². The molecule has 0 radical (unpaired) electrons. The summed E-state index contributed by atoms with van der Waals surface area (Å²) in [5.41, 5.74) is 0. The van der Waals surface area contributed by atoms with Gasteiger partial charge in [0.05, 0.1) is 0 Å². The van der Waals surface area contributed by atoms with Crippen LogP contribution in [-0.2, 0) is 8.92 Å². The second-order valence-electron chi connectivity index (χ2n) is 0.0833. The Kier molecular flexibility index (Phi) is 66.5. The van der Waals surface area contributed by atoms with Gasteiger partial charge in [0.2, 0.25) is 0 Å². The van der Waals surface area contributed by atoms with Gasteiger partial charge in [-0.15, -0.1) is 0 Å². The predicted octanol–water partition coefficient (Wildman–Crippen LogP) is -0.622. The van der Waals surface area contributed by atoms with E-state index in [9.17, 15) is 0 Å². The summed E-state index contributed by atoms with van der Waals surface area (Å²) in [7, 11) is -1.42. The summed E-state index contributed by atoms with van der Waals surface area (Å²) in [5.74, 6) is 0. The molecule has 0 heterocycles. The van der Waals surface area contributed by atoms with Gasteiger partial charge in [0.25, 0.3) is 0 Å². The average Bonchev–Trinajstić information content (AvgIpc) is 0.918. The maximum absolute atomic E-state index is 8.40. The Morgan fingerprint density at radius 2 is 1.40 bits per heavy atom. The maximum atomic E-state index is 8.40. The molecule has 0 aromatic rings. The van der Waals surface area contributed by atoms with E-state index in [0.29, 0.717) is 0 Å². The first-order valence-corrected chi connectivity index (χ1v) is 1.22. The van der Waals surface area contributed by atoms with Crippen LogP contribution in [0.1, 0.15) is 2.85 Å². The fourth-order valence-electron chi connectivity index (χ4n) is 0. The summed E-state index contributed by atoms with van der Waals surface area (Å²) >= 11 is 0. The Labute approximate surface area is 63.2 Å². The number of hydrogen-bond acceptors (Lipinski definition) is 2. The molecule has 0 spiro atoms. The zero-order chi connectivity index (χ0) is 2.71. The smallest absolute Gasteiger partial charge is 1.00 e. The molecule has 0 bridgehead atoms. The number of halogens is 1. The summed E-state index contributed by atoms with van der Waals surface area (Å²) in [5, 5.41) is 0. The topological polar surface area (TPSA) is 34.1 Å². The molecule has 0 aromatic heterocycles. The van der Waals surface area contributed by atoms with Crippen molar-refractivity contribution in [2.24, 2.45) is 0 Å². The van der Waals surface area contributed by atoms with Crippen molar-refractivity contribution in [3.63, 3.8) is 0 Å². The van der Waals surface area contributed by atoms with Gasteiger partial charge in [-0.3, -0.25) is 13.6 Å². The third-order valence-corrected chi connectivity index (χ3v) is 0. The summed E-state index contributed by atoms with van der Waals surface area (Å²) in [6.45, 7) is 0. The molecular weight excluding hydrogens is 119 g/mol. The van der Waals surface area contributed by atoms with Crippen LogP contribution in [0.5, 0.6) is 0 Å². The summed E-state index contributed by atoms with van der Waals surface area (Å²) < 4.78 is 16.8. The molecule has 2 nitrogen and oxygen atoms in total. The molecule has 0 saturated carbocycles. The van der Waals surface area contributed by atoms with Crippen LogP contribution in [0.15, 0.2) is 0 Å². The standard InChI is InChI=1S/Ca.FH.O2Si.2H/c;;1-3-2;;/h;1H;;;/q+2;;;2*-1. The Bertz CT molecular complexity index is 36.7. The monoisotopic (exact) mass is 122 g/mol. The molecule has 0 fully saturated rings. The van der Waals surface area contributed by atoms with E-state index < -0.39 is 9.29 Å². The van der Waals surface area contributed by atoms with E-state index in [-0.39, 0.29) is 45.3 Å². The molecule has 0 aliphatic rings. The number of hydrogen-bond donors (Lipinski definition) is 0. The predicted molar refractivity (Wildman–Crippen MR) is 17.6 cm³/mol. The molecule has 0 saturated heterocycles. The van der Waals surface area contributed by atoms with Gasteiger partial charge in [0, 0.05) is 0 Å². The third kappa shape index (κ3) is 44.7. The minimum atomic E-state index is -1.42. The fourth-order valence-corrected chi connectivity index (χ4v) is 0. The largest absolute Gasteiger partial charge is 2.00 e. The molecule has 5 heavy (non-hydrogen) atoms. The fraction of sp³-hybridized carbons (Fsp3) is 0. The Balaban J connectivity index is -0.00000000333. The van der Waals surface area contributed by atoms with E-state index in [1.54, 1.807) is 0 Å². The van der Waals surface area contributed by atoms with Crippen molar-refractivity contribution in [1.82, 2.24) is 0 Å². The first-order valence-electron chi connectivity index (χ1n) is 0.408. The molecule has 0 N–H and O–H groups in total. The normalized spacial score (nSPS) is 1.60. The van der Waals surface area contributed by atoms with Crippen molar-refractivity contribution in [1.29, 1.82) is 0 Å². The molecule has 0 aliphatic carbocycles. The van der Waals surface area contributed by atoms with Gasteiger partial charge in [-0.2, -0.15) is 0 Å². The quantitative estimate of drug-likeness (QED) is 0.401. The molecule has 0 amide bonds. The molecule has 0 aliphatic heterocycles. The Hall–Kier alpha value is 1.01. The van der Waals surface area contributed by atoms with Gasteiger partial charge in [-0.25, -0.2) is 0 Å². The van der Waals surface area contributed by atoms with Crippen molar-refractivity contribution in [2.75, 3.05) is 0 Å². The molecule has 0 atom stereocenters. The second kappa shape index (κ2) is 20.0. The average molecular weight is 122 g/mol. The zero-order valence-corrected chi connectivity index (χ0v) is 5.64.